The van der Waals surface area contributed by atoms with E-state index in [1.54, 1.807) is 13.0 Å². The number of nitrogens with zero attached hydrogens (tertiary/aromatic N) is 2. The third-order valence-electron chi connectivity index (χ3n) is 3.79. The van der Waals surface area contributed by atoms with Crippen LogP contribution in [0.2, 0.25) is 0 Å². The highest BCUT2D eigenvalue weighted by atomic mass is 16.4. The second-order valence-electron chi connectivity index (χ2n) is 5.40. The molecule has 0 radical (unpaired) electrons. The summed E-state index contributed by atoms with van der Waals surface area (Å²) in [5, 5.41) is 19.8. The van der Waals surface area contributed by atoms with Gasteiger partial charge in [-0.05, 0) is 31.4 Å². The Labute approximate surface area is 135 Å². The van der Waals surface area contributed by atoms with Crippen LogP contribution in [-0.2, 0) is 0 Å². The molecule has 0 saturated heterocycles. The molecule has 1 aliphatic rings. The highest BCUT2D eigenvalue weighted by Gasteiger charge is 2.16. The van der Waals surface area contributed by atoms with Gasteiger partial charge in [-0.2, -0.15) is 9.94 Å². The largest absolute Gasteiger partial charge is 0.492 e. The van der Waals surface area contributed by atoms with Crippen LogP contribution in [0.15, 0.2) is 26.1 Å². The number of fused-ring (bicyclic) bond motifs is 1. The molecule has 0 unspecified atom stereocenters. The summed E-state index contributed by atoms with van der Waals surface area (Å²) in [4.78, 5) is 23.6. The number of nitriles is 1. The molecule has 0 saturated carbocycles. The van der Waals surface area contributed by atoms with Crippen molar-refractivity contribution >= 4 is 17.5 Å². The lowest BCUT2D eigenvalue weighted by Gasteiger charge is -2.17. The van der Waals surface area contributed by atoms with E-state index in [-0.39, 0.29) is 11.3 Å². The fourth-order valence-corrected chi connectivity index (χ4v) is 2.68. The van der Waals surface area contributed by atoms with Crippen LogP contribution in [0.25, 0.3) is 11.8 Å². The van der Waals surface area contributed by atoms with Crippen LogP contribution >= 0.6 is 0 Å². The Morgan fingerprint density at radius 2 is 2.17 bits per heavy atom. The van der Waals surface area contributed by atoms with E-state index in [4.69, 9.17) is 15.4 Å². The van der Waals surface area contributed by atoms with Gasteiger partial charge in [0.2, 0.25) is 5.88 Å². The molecule has 1 aliphatic carbocycles. The number of aromatic nitrogens is 1. The molecule has 122 valence electrons. The van der Waals surface area contributed by atoms with Crippen molar-refractivity contribution < 1.29 is 9.52 Å². The molecule has 8 nitrogen and oxygen atoms in total. The number of nitrogens with one attached hydrogen (secondary N) is 1. The van der Waals surface area contributed by atoms with E-state index in [0.717, 1.165) is 10.7 Å². The highest BCUT2D eigenvalue weighted by molar-refractivity contribution is 5.61. The van der Waals surface area contributed by atoms with Gasteiger partial charge >= 0.3 is 5.63 Å². The summed E-state index contributed by atoms with van der Waals surface area (Å²) in [5.41, 5.74) is 9.02. The van der Waals surface area contributed by atoms with Gasteiger partial charge in [0.05, 0.1) is 10.9 Å². The number of anilines is 1. The van der Waals surface area contributed by atoms with Crippen LogP contribution in [0, 0.1) is 18.3 Å². The fraction of sp³-hybridized carbons (Fsp3) is 0.188. The maximum absolute atomic E-state index is 12.2. The number of pyridine rings is 1. The van der Waals surface area contributed by atoms with Crippen LogP contribution in [-0.4, -0.2) is 9.78 Å². The first-order valence-corrected chi connectivity index (χ1v) is 7.18. The van der Waals surface area contributed by atoms with Crippen molar-refractivity contribution in [2.45, 2.75) is 19.8 Å². The number of nitrogens with two attached hydrogens (primary N) is 1. The van der Waals surface area contributed by atoms with E-state index < -0.39 is 17.1 Å². The molecular weight excluding hydrogens is 312 g/mol. The Balaban J connectivity index is 2.26. The third-order valence-corrected chi connectivity index (χ3v) is 3.79. The molecule has 0 aromatic carbocycles. The van der Waals surface area contributed by atoms with Gasteiger partial charge in [-0.25, -0.2) is 4.79 Å². The van der Waals surface area contributed by atoms with Gasteiger partial charge in [-0.15, -0.1) is 0 Å². The second-order valence-corrected chi connectivity index (χ2v) is 5.40. The molecule has 0 fully saturated rings. The Morgan fingerprint density at radius 3 is 2.88 bits per heavy atom. The summed E-state index contributed by atoms with van der Waals surface area (Å²) in [6, 6.07) is 4.25. The summed E-state index contributed by atoms with van der Waals surface area (Å²) in [7, 11) is 0. The Kier molecular flexibility index (Phi) is 3.62. The standard InChI is InChI=1S/C16H14N4O4/c1-8-5-13(21)20(16(23)9(8)7-17)19-11-3-2-4-12-15(11)10(18)6-14(22)24-12/h4-6,19,23H,2-3,18H2,1H3. The number of aryl methyl sites for hydroxylation is 1. The molecule has 24 heavy (non-hydrogen) atoms. The molecule has 3 rings (SSSR count). The van der Waals surface area contributed by atoms with E-state index in [9.17, 15) is 14.7 Å². The highest BCUT2D eigenvalue weighted by Crippen LogP contribution is 2.17. The molecular formula is C16H14N4O4. The van der Waals surface area contributed by atoms with Gasteiger partial charge in [0.25, 0.3) is 5.56 Å². The molecule has 0 atom stereocenters. The Hall–Kier alpha value is -3.47. The van der Waals surface area contributed by atoms with Crippen LogP contribution in [0.3, 0.4) is 0 Å². The smallest absolute Gasteiger partial charge is 0.338 e. The average Bonchev–Trinajstić information content (AvgIpc) is 2.51. The lowest BCUT2D eigenvalue weighted by atomic mass is 10.1. The minimum atomic E-state index is -0.564. The second kappa shape index (κ2) is 5.62. The van der Waals surface area contributed by atoms with Crippen molar-refractivity contribution in [1.82, 2.24) is 4.68 Å². The number of hydrogen-bond donors (Lipinski definition) is 3. The van der Waals surface area contributed by atoms with Crippen LogP contribution in [0.4, 0.5) is 5.69 Å². The van der Waals surface area contributed by atoms with Crippen molar-refractivity contribution in [2.24, 2.45) is 0 Å². The number of aromatic hydroxyl groups is 1. The summed E-state index contributed by atoms with van der Waals surface area (Å²) >= 11 is 0. The monoisotopic (exact) mass is 326 g/mol. The molecule has 0 aliphatic heterocycles. The van der Waals surface area contributed by atoms with Crippen molar-refractivity contribution in [1.29, 1.82) is 5.26 Å². The van der Waals surface area contributed by atoms with Gasteiger partial charge in [0.15, 0.2) is 0 Å². The minimum absolute atomic E-state index is 0.00198. The molecule has 0 amide bonds. The van der Waals surface area contributed by atoms with Crippen molar-refractivity contribution in [3.63, 3.8) is 0 Å². The quantitative estimate of drug-likeness (QED) is 0.657. The topological polar surface area (TPSA) is 134 Å². The molecule has 2 heterocycles. The molecule has 2 aromatic rings. The third kappa shape index (κ3) is 2.42. The predicted octanol–water partition coefficient (Wildman–Crippen LogP) is -0.804. The molecule has 2 aromatic heterocycles. The van der Waals surface area contributed by atoms with Crippen LogP contribution in [0.1, 0.15) is 24.0 Å². The Bertz CT molecular complexity index is 1120. The maximum atomic E-state index is 12.2. The normalized spacial score (nSPS) is 12.9. The molecule has 8 heteroatoms. The van der Waals surface area contributed by atoms with Crippen molar-refractivity contribution in [3.05, 3.63) is 54.7 Å². The summed E-state index contributed by atoms with van der Waals surface area (Å²) in [6.07, 6.45) is 2.79. The molecule has 0 bridgehead atoms. The van der Waals surface area contributed by atoms with Gasteiger partial charge < -0.3 is 15.3 Å². The molecule has 4 N–H and O–H groups in total. The number of nitrogen functional groups attached to an aromatic ring is 1. The van der Waals surface area contributed by atoms with E-state index in [1.165, 1.54) is 6.07 Å². The summed E-state index contributed by atoms with van der Waals surface area (Å²) < 4.78 is 5.99. The van der Waals surface area contributed by atoms with Crippen LogP contribution < -0.4 is 33.0 Å². The molecule has 0 spiro atoms. The zero-order valence-corrected chi connectivity index (χ0v) is 12.8. The lowest BCUT2D eigenvalue weighted by molar-refractivity contribution is 0.425. The van der Waals surface area contributed by atoms with Crippen LogP contribution in [0.5, 0.6) is 5.88 Å². The number of rotatable bonds is 2. The van der Waals surface area contributed by atoms with Crippen molar-refractivity contribution in [3.8, 4) is 11.9 Å². The lowest BCUT2D eigenvalue weighted by Crippen LogP contribution is -2.40. The van der Waals surface area contributed by atoms with E-state index in [1.807, 2.05) is 6.07 Å². The maximum Gasteiger partial charge on any atom is 0.338 e. The Morgan fingerprint density at radius 1 is 1.42 bits per heavy atom. The first-order valence-electron chi connectivity index (χ1n) is 7.18. The average molecular weight is 326 g/mol. The van der Waals surface area contributed by atoms with Gasteiger partial charge in [0.1, 0.15) is 17.0 Å². The van der Waals surface area contributed by atoms with Gasteiger partial charge in [-0.3, -0.25) is 10.2 Å². The first-order chi connectivity index (χ1) is 11.4. The van der Waals surface area contributed by atoms with Gasteiger partial charge in [-0.1, -0.05) is 0 Å². The van der Waals surface area contributed by atoms with Crippen molar-refractivity contribution in [2.75, 3.05) is 11.2 Å². The minimum Gasteiger partial charge on any atom is -0.492 e. The first kappa shape index (κ1) is 15.4. The van der Waals surface area contributed by atoms with E-state index in [2.05, 4.69) is 5.43 Å². The van der Waals surface area contributed by atoms with E-state index >= 15 is 0 Å². The zero-order valence-electron chi connectivity index (χ0n) is 12.8. The zero-order chi connectivity index (χ0) is 17.4. The van der Waals surface area contributed by atoms with Gasteiger partial charge in [0, 0.05) is 17.8 Å². The number of hydrogen-bond acceptors (Lipinski definition) is 7. The van der Waals surface area contributed by atoms with E-state index in [0.29, 0.717) is 34.7 Å². The summed E-state index contributed by atoms with van der Waals surface area (Å²) in [5.74, 6) is -0.484. The fourth-order valence-electron chi connectivity index (χ4n) is 2.68. The SMILES string of the molecule is Cc1cc(=O)n(NC2=c3c(N)cc(=O)oc3=CCC2)c(O)c1C#N. The predicted molar refractivity (Wildman–Crippen MR) is 86.9 cm³/mol. The summed E-state index contributed by atoms with van der Waals surface area (Å²) in [6.45, 7) is 1.56.